The predicted molar refractivity (Wildman–Crippen MR) is 148 cm³/mol. The largest absolute Gasteiger partial charge is 0.497 e. The topological polar surface area (TPSA) is 76.2 Å². The second-order valence-electron chi connectivity index (χ2n) is 8.66. The number of amides is 1. The molecule has 0 aromatic heterocycles. The number of rotatable bonds is 10. The van der Waals surface area contributed by atoms with Crippen LogP contribution in [0, 0.1) is 0 Å². The number of carbonyl (C=O) groups is 1. The standard InChI is InChI=1S/C30H30N2O5S/c1-31(22-24-13-7-10-16-29(24)37-3)30(33)27-14-8-9-15-28(27)32(21-23-11-5-4-6-12-23)38(34,35)26-19-17-25(36-2)18-20-26/h4-20H,21-22H2,1-3H3. The van der Waals surface area contributed by atoms with Crippen LogP contribution in [0.5, 0.6) is 11.5 Å². The van der Waals surface area contributed by atoms with Crippen molar-refractivity contribution in [2.24, 2.45) is 0 Å². The van der Waals surface area contributed by atoms with Crippen LogP contribution in [0.15, 0.2) is 108 Å². The van der Waals surface area contributed by atoms with Crippen molar-refractivity contribution in [3.05, 3.63) is 120 Å². The van der Waals surface area contributed by atoms with E-state index in [1.165, 1.54) is 23.5 Å². The lowest BCUT2D eigenvalue weighted by Crippen LogP contribution is -2.34. The minimum absolute atomic E-state index is 0.0513. The third-order valence-corrected chi connectivity index (χ3v) is 7.94. The second-order valence-corrected chi connectivity index (χ2v) is 10.5. The van der Waals surface area contributed by atoms with Gasteiger partial charge in [-0.1, -0.05) is 60.7 Å². The molecule has 7 nitrogen and oxygen atoms in total. The van der Waals surface area contributed by atoms with E-state index in [1.807, 2.05) is 54.6 Å². The average Bonchev–Trinajstić information content (AvgIpc) is 2.96. The van der Waals surface area contributed by atoms with E-state index in [4.69, 9.17) is 9.47 Å². The zero-order valence-corrected chi connectivity index (χ0v) is 22.4. The Morgan fingerprint density at radius 3 is 2.05 bits per heavy atom. The van der Waals surface area contributed by atoms with Gasteiger partial charge < -0.3 is 14.4 Å². The highest BCUT2D eigenvalue weighted by atomic mass is 32.2. The highest BCUT2D eigenvalue weighted by molar-refractivity contribution is 7.92. The Balaban J connectivity index is 1.75. The van der Waals surface area contributed by atoms with Gasteiger partial charge in [0.15, 0.2) is 0 Å². The Morgan fingerprint density at radius 2 is 1.37 bits per heavy atom. The number of nitrogens with zero attached hydrogens (tertiary/aromatic N) is 2. The van der Waals surface area contributed by atoms with Crippen molar-refractivity contribution >= 4 is 21.6 Å². The molecule has 0 spiro atoms. The summed E-state index contributed by atoms with van der Waals surface area (Å²) >= 11 is 0. The van der Waals surface area contributed by atoms with E-state index in [-0.39, 0.29) is 22.9 Å². The number of carbonyl (C=O) groups excluding carboxylic acids is 1. The van der Waals surface area contributed by atoms with Crippen molar-refractivity contribution in [3.63, 3.8) is 0 Å². The third-order valence-electron chi connectivity index (χ3n) is 6.17. The molecule has 0 heterocycles. The van der Waals surface area contributed by atoms with Gasteiger partial charge in [0.1, 0.15) is 11.5 Å². The Labute approximate surface area is 223 Å². The average molecular weight is 531 g/mol. The lowest BCUT2D eigenvalue weighted by atomic mass is 10.1. The van der Waals surface area contributed by atoms with Gasteiger partial charge >= 0.3 is 0 Å². The highest BCUT2D eigenvalue weighted by Crippen LogP contribution is 2.31. The summed E-state index contributed by atoms with van der Waals surface area (Å²) in [5.74, 6) is 0.912. The second kappa shape index (κ2) is 11.8. The zero-order chi connectivity index (χ0) is 27.1. The van der Waals surface area contributed by atoms with E-state index in [1.54, 1.807) is 55.5 Å². The number of hydrogen-bond donors (Lipinski definition) is 0. The molecule has 0 N–H and O–H groups in total. The Bertz CT molecular complexity index is 1490. The molecule has 0 bridgehead atoms. The fourth-order valence-electron chi connectivity index (χ4n) is 4.16. The predicted octanol–water partition coefficient (Wildman–Crippen LogP) is 5.37. The molecule has 4 rings (SSSR count). The number of hydrogen-bond acceptors (Lipinski definition) is 5. The van der Waals surface area contributed by atoms with Crippen LogP contribution < -0.4 is 13.8 Å². The van der Waals surface area contributed by atoms with Crippen LogP contribution in [0.4, 0.5) is 5.69 Å². The van der Waals surface area contributed by atoms with Gasteiger partial charge in [0, 0.05) is 19.2 Å². The summed E-state index contributed by atoms with van der Waals surface area (Å²) in [4.78, 5) is 15.4. The molecule has 196 valence electrons. The molecule has 0 saturated carbocycles. The van der Waals surface area contributed by atoms with E-state index in [0.29, 0.717) is 23.7 Å². The summed E-state index contributed by atoms with van der Waals surface area (Å²) in [6.07, 6.45) is 0. The number of methoxy groups -OCH3 is 2. The molecule has 0 radical (unpaired) electrons. The first-order chi connectivity index (χ1) is 18.3. The maximum Gasteiger partial charge on any atom is 0.264 e. The van der Waals surface area contributed by atoms with Gasteiger partial charge in [-0.3, -0.25) is 9.10 Å². The monoisotopic (exact) mass is 530 g/mol. The van der Waals surface area contributed by atoms with Crippen molar-refractivity contribution < 1.29 is 22.7 Å². The van der Waals surface area contributed by atoms with Crippen molar-refractivity contribution in [1.82, 2.24) is 4.90 Å². The molecule has 0 unspecified atom stereocenters. The van der Waals surface area contributed by atoms with Crippen LogP contribution in [0.25, 0.3) is 0 Å². The van der Waals surface area contributed by atoms with Crippen LogP contribution in [-0.2, 0) is 23.1 Å². The molecule has 0 aliphatic heterocycles. The number of anilines is 1. The van der Waals surface area contributed by atoms with Gasteiger partial charge in [0.05, 0.1) is 36.9 Å². The minimum atomic E-state index is -4.04. The molecular weight excluding hydrogens is 500 g/mol. The Hall–Kier alpha value is -4.30. The normalized spacial score (nSPS) is 11.0. The van der Waals surface area contributed by atoms with Crippen LogP contribution in [0.1, 0.15) is 21.5 Å². The lowest BCUT2D eigenvalue weighted by molar-refractivity contribution is 0.0785. The van der Waals surface area contributed by atoms with Crippen molar-refractivity contribution in [2.45, 2.75) is 18.0 Å². The van der Waals surface area contributed by atoms with Crippen LogP contribution in [-0.4, -0.2) is 40.5 Å². The SMILES string of the molecule is COc1ccc(S(=O)(=O)N(Cc2ccccc2)c2ccccc2C(=O)N(C)Cc2ccccc2OC)cc1. The maximum atomic E-state index is 14.0. The fraction of sp³-hybridized carbons (Fsp3) is 0.167. The van der Waals surface area contributed by atoms with Gasteiger partial charge in [0.25, 0.3) is 15.9 Å². The smallest absolute Gasteiger partial charge is 0.264 e. The van der Waals surface area contributed by atoms with E-state index in [9.17, 15) is 13.2 Å². The molecule has 0 atom stereocenters. The number of benzene rings is 4. The van der Waals surface area contributed by atoms with Crippen molar-refractivity contribution in [2.75, 3.05) is 25.6 Å². The third kappa shape index (κ3) is 5.81. The van der Waals surface area contributed by atoms with Gasteiger partial charge in [-0.2, -0.15) is 0 Å². The molecule has 38 heavy (non-hydrogen) atoms. The van der Waals surface area contributed by atoms with Crippen LogP contribution in [0.2, 0.25) is 0 Å². The maximum absolute atomic E-state index is 14.0. The molecular formula is C30H30N2O5S. The van der Waals surface area contributed by atoms with Gasteiger partial charge in [-0.15, -0.1) is 0 Å². The molecule has 1 amide bonds. The fourth-order valence-corrected chi connectivity index (χ4v) is 5.63. The van der Waals surface area contributed by atoms with E-state index in [2.05, 4.69) is 0 Å². The van der Waals surface area contributed by atoms with E-state index >= 15 is 0 Å². The van der Waals surface area contributed by atoms with Crippen molar-refractivity contribution in [1.29, 1.82) is 0 Å². The minimum Gasteiger partial charge on any atom is -0.497 e. The van der Waals surface area contributed by atoms with Gasteiger partial charge in [-0.05, 0) is 48.0 Å². The van der Waals surface area contributed by atoms with Crippen LogP contribution in [0.3, 0.4) is 0 Å². The number of ether oxygens (including phenoxy) is 2. The first-order valence-electron chi connectivity index (χ1n) is 12.0. The first-order valence-corrected chi connectivity index (χ1v) is 13.5. The molecule has 0 saturated heterocycles. The van der Waals surface area contributed by atoms with E-state index in [0.717, 1.165) is 11.1 Å². The van der Waals surface area contributed by atoms with Gasteiger partial charge in [0.2, 0.25) is 0 Å². The summed E-state index contributed by atoms with van der Waals surface area (Å²) < 4.78 is 39.9. The summed E-state index contributed by atoms with van der Waals surface area (Å²) in [6.45, 7) is 0.344. The molecule has 4 aromatic rings. The lowest BCUT2D eigenvalue weighted by Gasteiger charge is -2.28. The summed E-state index contributed by atoms with van der Waals surface area (Å²) in [5, 5.41) is 0. The molecule has 0 fully saturated rings. The Kier molecular flexibility index (Phi) is 8.33. The van der Waals surface area contributed by atoms with Crippen molar-refractivity contribution in [3.8, 4) is 11.5 Å². The first kappa shape index (κ1) is 26.8. The molecule has 4 aromatic carbocycles. The number of para-hydroxylation sites is 2. The zero-order valence-electron chi connectivity index (χ0n) is 21.6. The molecule has 0 aliphatic rings. The quantitative estimate of drug-likeness (QED) is 0.276. The summed E-state index contributed by atoms with van der Waals surface area (Å²) in [7, 11) is 0.751. The highest BCUT2D eigenvalue weighted by Gasteiger charge is 2.29. The molecule has 8 heteroatoms. The molecule has 0 aliphatic carbocycles. The summed E-state index contributed by atoms with van der Waals surface area (Å²) in [5.41, 5.74) is 2.20. The van der Waals surface area contributed by atoms with Gasteiger partial charge in [-0.25, -0.2) is 8.42 Å². The van der Waals surface area contributed by atoms with E-state index < -0.39 is 10.0 Å². The summed E-state index contributed by atoms with van der Waals surface area (Å²) in [6, 6.07) is 29.8. The van der Waals surface area contributed by atoms with Crippen LogP contribution >= 0.6 is 0 Å². The number of sulfonamides is 1. The Morgan fingerprint density at radius 1 is 0.737 bits per heavy atom.